The number of pyridine rings is 2. The molecule has 1 amide bonds. The van der Waals surface area contributed by atoms with Crippen molar-refractivity contribution in [2.75, 3.05) is 19.0 Å². The fourth-order valence-corrected chi connectivity index (χ4v) is 2.32. The van der Waals surface area contributed by atoms with Crippen LogP contribution in [0.2, 0.25) is 0 Å². The van der Waals surface area contributed by atoms with E-state index in [1.165, 1.54) is 0 Å². The van der Waals surface area contributed by atoms with E-state index in [0.717, 1.165) is 16.6 Å². The second-order valence-electron chi connectivity index (χ2n) is 5.22. The Morgan fingerprint density at radius 3 is 2.88 bits per heavy atom. The van der Waals surface area contributed by atoms with Crippen molar-refractivity contribution < 1.29 is 14.3 Å². The van der Waals surface area contributed by atoms with Crippen LogP contribution in [0.15, 0.2) is 48.8 Å². The number of rotatable bonds is 5. The number of amides is 1. The number of nitrogens with zero attached hydrogens (tertiary/aromatic N) is 2. The molecule has 3 aromatic rings. The van der Waals surface area contributed by atoms with Gasteiger partial charge in [-0.1, -0.05) is 0 Å². The SMILES string of the molecule is COc1ccc2nc(C)cc(OCC(=O)Nc3cccnc3)c2c1. The highest BCUT2D eigenvalue weighted by Gasteiger charge is 2.09. The standard InChI is InChI=1S/C18H17N3O3/c1-12-8-17(15-9-14(23-2)5-6-16(15)20-12)24-11-18(22)21-13-4-3-7-19-10-13/h3-10H,11H2,1-2H3,(H,21,22). The van der Waals surface area contributed by atoms with Gasteiger partial charge in [-0.2, -0.15) is 0 Å². The molecule has 2 aromatic heterocycles. The quantitative estimate of drug-likeness (QED) is 0.781. The molecule has 0 unspecified atom stereocenters. The summed E-state index contributed by atoms with van der Waals surface area (Å²) in [5, 5.41) is 3.53. The third-order valence-electron chi connectivity index (χ3n) is 3.41. The zero-order valence-corrected chi connectivity index (χ0v) is 13.4. The summed E-state index contributed by atoms with van der Waals surface area (Å²) in [4.78, 5) is 20.4. The van der Waals surface area contributed by atoms with E-state index in [9.17, 15) is 4.79 Å². The first kappa shape index (κ1) is 15.7. The molecule has 1 aromatic carbocycles. The summed E-state index contributed by atoms with van der Waals surface area (Å²) < 4.78 is 10.9. The number of carbonyl (C=O) groups excluding carboxylic acids is 1. The minimum atomic E-state index is -0.256. The lowest BCUT2D eigenvalue weighted by Crippen LogP contribution is -2.20. The number of hydrogen-bond donors (Lipinski definition) is 1. The first-order valence-corrected chi connectivity index (χ1v) is 7.44. The Labute approximate surface area is 139 Å². The van der Waals surface area contributed by atoms with Gasteiger partial charge >= 0.3 is 0 Å². The summed E-state index contributed by atoms with van der Waals surface area (Å²) in [5.74, 6) is 1.05. The first-order chi connectivity index (χ1) is 11.7. The van der Waals surface area contributed by atoms with Gasteiger partial charge in [0, 0.05) is 23.3 Å². The Kier molecular flexibility index (Phi) is 4.56. The maximum atomic E-state index is 12.0. The second-order valence-corrected chi connectivity index (χ2v) is 5.22. The fourth-order valence-electron chi connectivity index (χ4n) is 2.32. The van der Waals surface area contributed by atoms with Gasteiger partial charge in [0.1, 0.15) is 11.5 Å². The van der Waals surface area contributed by atoms with Gasteiger partial charge in [0.25, 0.3) is 5.91 Å². The topological polar surface area (TPSA) is 73.3 Å². The molecule has 0 aliphatic rings. The zero-order valence-electron chi connectivity index (χ0n) is 13.4. The molecule has 0 spiro atoms. The molecule has 0 aliphatic carbocycles. The minimum absolute atomic E-state index is 0.106. The number of benzene rings is 1. The molecule has 2 heterocycles. The Morgan fingerprint density at radius 2 is 2.12 bits per heavy atom. The Balaban J connectivity index is 1.78. The van der Waals surface area contributed by atoms with Crippen molar-refractivity contribution in [2.24, 2.45) is 0 Å². The molecule has 24 heavy (non-hydrogen) atoms. The highest BCUT2D eigenvalue weighted by Crippen LogP contribution is 2.29. The molecular weight excluding hydrogens is 306 g/mol. The van der Waals surface area contributed by atoms with Crippen LogP contribution in [-0.4, -0.2) is 29.6 Å². The lowest BCUT2D eigenvalue weighted by Gasteiger charge is -2.11. The smallest absolute Gasteiger partial charge is 0.262 e. The number of hydrogen-bond acceptors (Lipinski definition) is 5. The molecule has 0 radical (unpaired) electrons. The first-order valence-electron chi connectivity index (χ1n) is 7.44. The van der Waals surface area contributed by atoms with Crippen LogP contribution in [0.1, 0.15) is 5.69 Å². The molecule has 0 bridgehead atoms. The van der Waals surface area contributed by atoms with E-state index in [-0.39, 0.29) is 12.5 Å². The number of anilines is 1. The van der Waals surface area contributed by atoms with Gasteiger partial charge in [-0.25, -0.2) is 0 Å². The summed E-state index contributed by atoms with van der Waals surface area (Å²) in [5.41, 5.74) is 2.23. The van der Waals surface area contributed by atoms with Crippen molar-refractivity contribution in [2.45, 2.75) is 6.92 Å². The third-order valence-corrected chi connectivity index (χ3v) is 3.41. The maximum Gasteiger partial charge on any atom is 0.262 e. The van der Waals surface area contributed by atoms with Crippen molar-refractivity contribution in [1.29, 1.82) is 0 Å². The van der Waals surface area contributed by atoms with Gasteiger partial charge in [-0.05, 0) is 37.3 Å². The molecule has 0 saturated carbocycles. The van der Waals surface area contributed by atoms with Crippen molar-refractivity contribution in [3.8, 4) is 11.5 Å². The predicted octanol–water partition coefficient (Wildman–Crippen LogP) is 2.96. The van der Waals surface area contributed by atoms with E-state index < -0.39 is 0 Å². The molecule has 122 valence electrons. The van der Waals surface area contributed by atoms with Crippen LogP contribution in [-0.2, 0) is 4.79 Å². The van der Waals surface area contributed by atoms with E-state index in [2.05, 4.69) is 15.3 Å². The maximum absolute atomic E-state index is 12.0. The normalized spacial score (nSPS) is 10.4. The Morgan fingerprint density at radius 1 is 1.25 bits per heavy atom. The zero-order chi connectivity index (χ0) is 16.9. The van der Waals surface area contributed by atoms with Gasteiger partial charge in [0.2, 0.25) is 0 Å². The molecular formula is C18H17N3O3. The van der Waals surface area contributed by atoms with Crippen molar-refractivity contribution >= 4 is 22.5 Å². The van der Waals surface area contributed by atoms with E-state index in [1.54, 1.807) is 37.7 Å². The monoisotopic (exact) mass is 323 g/mol. The summed E-state index contributed by atoms with van der Waals surface area (Å²) in [7, 11) is 1.60. The fraction of sp³-hybridized carbons (Fsp3) is 0.167. The second kappa shape index (κ2) is 6.95. The van der Waals surface area contributed by atoms with Gasteiger partial charge < -0.3 is 14.8 Å². The van der Waals surface area contributed by atoms with Crippen LogP contribution >= 0.6 is 0 Å². The average molecular weight is 323 g/mol. The minimum Gasteiger partial charge on any atom is -0.497 e. The van der Waals surface area contributed by atoms with Gasteiger partial charge in [-0.15, -0.1) is 0 Å². The van der Waals surface area contributed by atoms with E-state index in [4.69, 9.17) is 9.47 Å². The van der Waals surface area contributed by atoms with Gasteiger partial charge in [0.15, 0.2) is 6.61 Å². The highest BCUT2D eigenvalue weighted by molar-refractivity contribution is 5.92. The average Bonchev–Trinajstić information content (AvgIpc) is 2.60. The van der Waals surface area contributed by atoms with Crippen LogP contribution in [0.25, 0.3) is 10.9 Å². The largest absolute Gasteiger partial charge is 0.497 e. The number of carbonyl (C=O) groups is 1. The lowest BCUT2D eigenvalue weighted by molar-refractivity contribution is -0.118. The van der Waals surface area contributed by atoms with E-state index in [1.807, 2.05) is 25.1 Å². The van der Waals surface area contributed by atoms with Crippen LogP contribution in [0, 0.1) is 6.92 Å². The van der Waals surface area contributed by atoms with Gasteiger partial charge in [0.05, 0.1) is 24.5 Å². The molecule has 0 atom stereocenters. The van der Waals surface area contributed by atoms with Crippen LogP contribution in [0.3, 0.4) is 0 Å². The van der Waals surface area contributed by atoms with E-state index in [0.29, 0.717) is 17.2 Å². The highest BCUT2D eigenvalue weighted by atomic mass is 16.5. The number of aromatic nitrogens is 2. The summed E-state index contributed by atoms with van der Waals surface area (Å²) in [6, 6.07) is 10.9. The number of methoxy groups -OCH3 is 1. The summed E-state index contributed by atoms with van der Waals surface area (Å²) >= 11 is 0. The molecule has 6 heteroatoms. The molecule has 1 N–H and O–H groups in total. The molecule has 0 saturated heterocycles. The third kappa shape index (κ3) is 3.60. The number of ether oxygens (including phenoxy) is 2. The van der Waals surface area contributed by atoms with Crippen molar-refractivity contribution in [3.63, 3.8) is 0 Å². The number of aryl methyl sites for hydroxylation is 1. The van der Waals surface area contributed by atoms with Crippen LogP contribution in [0.5, 0.6) is 11.5 Å². The number of fused-ring (bicyclic) bond motifs is 1. The van der Waals surface area contributed by atoms with Crippen LogP contribution in [0.4, 0.5) is 5.69 Å². The lowest BCUT2D eigenvalue weighted by atomic mass is 10.1. The molecule has 3 rings (SSSR count). The summed E-state index contributed by atoms with van der Waals surface area (Å²) in [6.45, 7) is 1.77. The molecule has 6 nitrogen and oxygen atoms in total. The van der Waals surface area contributed by atoms with E-state index >= 15 is 0 Å². The van der Waals surface area contributed by atoms with Crippen LogP contribution < -0.4 is 14.8 Å². The Hall–Kier alpha value is -3.15. The molecule has 0 fully saturated rings. The van der Waals surface area contributed by atoms with Gasteiger partial charge in [-0.3, -0.25) is 14.8 Å². The summed E-state index contributed by atoms with van der Waals surface area (Å²) in [6.07, 6.45) is 3.22. The number of nitrogens with one attached hydrogen (secondary N) is 1. The van der Waals surface area contributed by atoms with Crippen molar-refractivity contribution in [1.82, 2.24) is 9.97 Å². The predicted molar refractivity (Wildman–Crippen MR) is 91.4 cm³/mol. The Bertz CT molecular complexity index is 866. The molecule has 0 aliphatic heterocycles. The van der Waals surface area contributed by atoms with Crippen molar-refractivity contribution in [3.05, 3.63) is 54.5 Å².